The predicted octanol–water partition coefficient (Wildman–Crippen LogP) is 6.83. The van der Waals surface area contributed by atoms with E-state index >= 15 is 0 Å². The molecule has 0 saturated heterocycles. The van der Waals surface area contributed by atoms with E-state index in [2.05, 4.69) is 16.0 Å². The normalized spacial score (nSPS) is 11.8. The summed E-state index contributed by atoms with van der Waals surface area (Å²) in [5, 5.41) is 8.29. The van der Waals surface area contributed by atoms with E-state index in [0.29, 0.717) is 11.3 Å². The van der Waals surface area contributed by atoms with Crippen molar-refractivity contribution in [2.45, 2.75) is 30.9 Å². The summed E-state index contributed by atoms with van der Waals surface area (Å²) in [5.41, 5.74) is 4.72. The fourth-order valence-corrected chi connectivity index (χ4v) is 4.92. The lowest BCUT2D eigenvalue weighted by Crippen LogP contribution is -2.30. The predicted molar refractivity (Wildman–Crippen MR) is 163 cm³/mol. The largest absolute Gasteiger partial charge is 0.325 e. The minimum absolute atomic E-state index is 0.103. The molecule has 40 heavy (non-hydrogen) atoms. The van der Waals surface area contributed by atoms with E-state index in [9.17, 15) is 14.4 Å². The average Bonchev–Trinajstić information content (AvgIpc) is 2.95. The van der Waals surface area contributed by atoms with Crippen LogP contribution in [0.25, 0.3) is 6.08 Å². The third kappa shape index (κ3) is 7.71. The van der Waals surface area contributed by atoms with Crippen LogP contribution in [-0.4, -0.2) is 23.0 Å². The van der Waals surface area contributed by atoms with Crippen LogP contribution < -0.4 is 16.0 Å². The highest BCUT2D eigenvalue weighted by atomic mass is 32.2. The first-order valence-corrected chi connectivity index (χ1v) is 13.8. The van der Waals surface area contributed by atoms with Crippen molar-refractivity contribution in [3.05, 3.63) is 131 Å². The number of anilines is 2. The summed E-state index contributed by atoms with van der Waals surface area (Å²) < 4.78 is 0. The van der Waals surface area contributed by atoms with Gasteiger partial charge in [-0.15, -0.1) is 11.8 Å². The highest BCUT2D eigenvalue weighted by Gasteiger charge is 2.18. The number of hydrogen-bond donors (Lipinski definition) is 3. The van der Waals surface area contributed by atoms with Crippen molar-refractivity contribution >= 4 is 46.9 Å². The third-order valence-corrected chi connectivity index (χ3v) is 7.24. The Morgan fingerprint density at radius 3 is 2.05 bits per heavy atom. The summed E-state index contributed by atoms with van der Waals surface area (Å²) in [6.45, 7) is 5.78. The smallest absolute Gasteiger partial charge is 0.272 e. The van der Waals surface area contributed by atoms with Crippen molar-refractivity contribution in [2.24, 2.45) is 0 Å². The number of rotatable bonds is 9. The molecule has 1 atom stereocenters. The first kappa shape index (κ1) is 28.4. The second-order valence-corrected chi connectivity index (χ2v) is 10.7. The lowest BCUT2D eigenvalue weighted by Gasteiger charge is -2.16. The summed E-state index contributed by atoms with van der Waals surface area (Å²) in [7, 11) is 0. The molecule has 0 aliphatic heterocycles. The molecule has 4 aromatic carbocycles. The molecule has 0 aliphatic carbocycles. The molecule has 0 heterocycles. The molecule has 0 aliphatic rings. The van der Waals surface area contributed by atoms with Crippen LogP contribution in [0.4, 0.5) is 11.4 Å². The Bertz CT molecular complexity index is 1520. The monoisotopic (exact) mass is 549 g/mol. The molecular formula is C33H31N3O3S. The highest BCUT2D eigenvalue weighted by Crippen LogP contribution is 2.28. The van der Waals surface area contributed by atoms with Crippen molar-refractivity contribution in [3.63, 3.8) is 0 Å². The van der Waals surface area contributed by atoms with Crippen LogP contribution >= 0.6 is 11.8 Å². The fraction of sp³-hybridized carbons (Fsp3) is 0.121. The second kappa shape index (κ2) is 13.4. The maximum absolute atomic E-state index is 13.3. The molecule has 0 aromatic heterocycles. The zero-order valence-electron chi connectivity index (χ0n) is 22.6. The van der Waals surface area contributed by atoms with Crippen LogP contribution in [-0.2, 0) is 9.59 Å². The van der Waals surface area contributed by atoms with Gasteiger partial charge in [0, 0.05) is 21.8 Å². The fourth-order valence-electron chi connectivity index (χ4n) is 4.00. The number of nitrogens with one attached hydrogen (secondary N) is 3. The molecule has 4 rings (SSSR count). The average molecular weight is 550 g/mol. The number of hydrogen-bond acceptors (Lipinski definition) is 4. The van der Waals surface area contributed by atoms with Crippen LogP contribution in [0.2, 0.25) is 0 Å². The molecular weight excluding hydrogens is 518 g/mol. The molecule has 6 nitrogen and oxygen atoms in total. The van der Waals surface area contributed by atoms with E-state index in [-0.39, 0.29) is 22.8 Å². The number of carbonyl (C=O) groups excluding carboxylic acids is 3. The van der Waals surface area contributed by atoms with Crippen LogP contribution in [0.1, 0.15) is 34.0 Å². The zero-order chi connectivity index (χ0) is 28.5. The second-order valence-electron chi connectivity index (χ2n) is 9.29. The van der Waals surface area contributed by atoms with Gasteiger partial charge in [0.05, 0.1) is 5.25 Å². The van der Waals surface area contributed by atoms with E-state index in [1.165, 1.54) is 11.8 Å². The maximum Gasteiger partial charge on any atom is 0.272 e. The molecule has 0 radical (unpaired) electrons. The number of para-hydroxylation sites is 1. The molecule has 0 spiro atoms. The van der Waals surface area contributed by atoms with Crippen LogP contribution in [0, 0.1) is 13.8 Å². The van der Waals surface area contributed by atoms with Crippen LogP contribution in [0.5, 0.6) is 0 Å². The van der Waals surface area contributed by atoms with Crippen molar-refractivity contribution in [1.82, 2.24) is 5.32 Å². The molecule has 202 valence electrons. The van der Waals surface area contributed by atoms with Gasteiger partial charge in [-0.25, -0.2) is 0 Å². The third-order valence-electron chi connectivity index (χ3n) is 6.14. The number of aryl methyl sites for hydroxylation is 2. The SMILES string of the molecule is Cc1cccc(C)c1NC(=O)C(C)Sc1cccc(NC(=O)/C(=C/c2ccccc2)NC(=O)c2ccccc2)c1. The standard InChI is InChI=1S/C33H31N3O3S/c1-22-12-10-13-23(2)30(22)36-31(37)24(3)40-28-19-11-18-27(21-28)34-33(39)29(20-25-14-6-4-7-15-25)35-32(38)26-16-8-5-9-17-26/h4-21,24H,1-3H3,(H,34,39)(H,35,38)(H,36,37)/b29-20-. The van der Waals surface area contributed by atoms with Gasteiger partial charge in [-0.05, 0) is 73.9 Å². The Morgan fingerprint density at radius 1 is 0.750 bits per heavy atom. The molecule has 7 heteroatoms. The number of amides is 3. The molecule has 0 fully saturated rings. The molecule has 4 aromatic rings. The Morgan fingerprint density at radius 2 is 1.38 bits per heavy atom. The van der Waals surface area contributed by atoms with Crippen molar-refractivity contribution in [1.29, 1.82) is 0 Å². The van der Waals surface area contributed by atoms with E-state index in [0.717, 1.165) is 27.3 Å². The Kier molecular flexibility index (Phi) is 9.54. The minimum Gasteiger partial charge on any atom is -0.325 e. The number of benzene rings is 4. The van der Waals surface area contributed by atoms with E-state index in [4.69, 9.17) is 0 Å². The first-order valence-electron chi connectivity index (χ1n) is 12.9. The molecule has 3 N–H and O–H groups in total. The van der Waals surface area contributed by atoms with Gasteiger partial charge in [0.2, 0.25) is 5.91 Å². The summed E-state index contributed by atoms with van der Waals surface area (Å²) >= 11 is 1.40. The van der Waals surface area contributed by atoms with E-state index in [1.807, 2.05) is 93.6 Å². The quantitative estimate of drug-likeness (QED) is 0.158. The van der Waals surface area contributed by atoms with Gasteiger partial charge in [-0.1, -0.05) is 72.8 Å². The Balaban J connectivity index is 1.47. The number of carbonyl (C=O) groups is 3. The van der Waals surface area contributed by atoms with Gasteiger partial charge in [-0.3, -0.25) is 14.4 Å². The van der Waals surface area contributed by atoms with Crippen molar-refractivity contribution < 1.29 is 14.4 Å². The van der Waals surface area contributed by atoms with Gasteiger partial charge in [0.25, 0.3) is 11.8 Å². The summed E-state index contributed by atoms with van der Waals surface area (Å²) in [5.74, 6) is -0.949. The zero-order valence-corrected chi connectivity index (χ0v) is 23.4. The molecule has 0 bridgehead atoms. The highest BCUT2D eigenvalue weighted by molar-refractivity contribution is 8.00. The minimum atomic E-state index is -0.462. The van der Waals surface area contributed by atoms with Gasteiger partial charge in [0.1, 0.15) is 5.70 Å². The van der Waals surface area contributed by atoms with Gasteiger partial charge in [0.15, 0.2) is 0 Å². The Hall–Kier alpha value is -4.62. The molecule has 1 unspecified atom stereocenters. The lowest BCUT2D eigenvalue weighted by atomic mass is 10.1. The van der Waals surface area contributed by atoms with Gasteiger partial charge < -0.3 is 16.0 Å². The van der Waals surface area contributed by atoms with Crippen LogP contribution in [0.3, 0.4) is 0 Å². The van der Waals surface area contributed by atoms with E-state index in [1.54, 1.807) is 36.4 Å². The summed E-state index contributed by atoms with van der Waals surface area (Å²) in [6.07, 6.45) is 1.63. The molecule has 3 amide bonds. The van der Waals surface area contributed by atoms with E-state index < -0.39 is 5.91 Å². The molecule has 0 saturated carbocycles. The maximum atomic E-state index is 13.3. The van der Waals surface area contributed by atoms with Crippen LogP contribution in [0.15, 0.2) is 114 Å². The van der Waals surface area contributed by atoms with Gasteiger partial charge >= 0.3 is 0 Å². The van der Waals surface area contributed by atoms with Crippen molar-refractivity contribution in [3.8, 4) is 0 Å². The lowest BCUT2D eigenvalue weighted by molar-refractivity contribution is -0.115. The first-order chi connectivity index (χ1) is 19.3. The number of thioether (sulfide) groups is 1. The van der Waals surface area contributed by atoms with Gasteiger partial charge in [-0.2, -0.15) is 0 Å². The topological polar surface area (TPSA) is 87.3 Å². The summed E-state index contributed by atoms with van der Waals surface area (Å²) in [4.78, 5) is 39.9. The Labute approximate surface area is 238 Å². The van der Waals surface area contributed by atoms with Crippen molar-refractivity contribution in [2.75, 3.05) is 10.6 Å². The summed E-state index contributed by atoms with van der Waals surface area (Å²) in [6, 6.07) is 31.2.